The zero-order valence-electron chi connectivity index (χ0n) is 17.6. The van der Waals surface area contributed by atoms with Crippen LogP contribution in [0.4, 0.5) is 14.9 Å². The van der Waals surface area contributed by atoms with E-state index in [1.165, 1.54) is 24.3 Å². The maximum Gasteiger partial charge on any atom is 0.325 e. The average molecular weight is 411 g/mol. The molecule has 0 aromatic heterocycles. The van der Waals surface area contributed by atoms with Crippen LogP contribution in [-0.2, 0) is 20.5 Å². The number of benzene rings is 2. The molecule has 2 aromatic rings. The summed E-state index contributed by atoms with van der Waals surface area (Å²) in [5.41, 5.74) is 1.06. The van der Waals surface area contributed by atoms with E-state index in [1.807, 2.05) is 24.3 Å². The lowest BCUT2D eigenvalue weighted by atomic mass is 9.84. The maximum atomic E-state index is 13.0. The van der Waals surface area contributed by atoms with E-state index < -0.39 is 23.3 Å². The molecule has 1 heterocycles. The third-order valence-electron chi connectivity index (χ3n) is 5.29. The number of urea groups is 1. The van der Waals surface area contributed by atoms with Crippen LogP contribution < -0.4 is 10.6 Å². The molecule has 0 spiro atoms. The number of halogens is 1. The second kappa shape index (κ2) is 7.89. The molecular weight excluding hydrogens is 385 g/mol. The minimum atomic E-state index is -1.18. The first-order valence-electron chi connectivity index (χ1n) is 9.81. The number of imide groups is 1. The molecule has 1 saturated heterocycles. The molecule has 0 bridgehead atoms. The van der Waals surface area contributed by atoms with Gasteiger partial charge in [0.15, 0.2) is 0 Å². The van der Waals surface area contributed by atoms with Gasteiger partial charge in [0.05, 0.1) is 0 Å². The van der Waals surface area contributed by atoms with Gasteiger partial charge in [-0.1, -0.05) is 45.0 Å². The van der Waals surface area contributed by atoms with Gasteiger partial charge in [0.2, 0.25) is 5.91 Å². The van der Waals surface area contributed by atoms with Gasteiger partial charge in [0, 0.05) is 18.7 Å². The second-order valence-electron chi connectivity index (χ2n) is 8.64. The van der Waals surface area contributed by atoms with Gasteiger partial charge in [0.25, 0.3) is 5.91 Å². The molecule has 1 fully saturated rings. The van der Waals surface area contributed by atoms with Crippen LogP contribution >= 0.6 is 0 Å². The highest BCUT2D eigenvalue weighted by Crippen LogP contribution is 2.31. The molecule has 1 aliphatic rings. The molecule has 2 N–H and O–H groups in total. The molecule has 1 unspecified atom stereocenters. The first kappa shape index (κ1) is 21.5. The Morgan fingerprint density at radius 1 is 1.07 bits per heavy atom. The Bertz CT molecular complexity index is 965. The summed E-state index contributed by atoms with van der Waals surface area (Å²) in [4.78, 5) is 38.6. The van der Waals surface area contributed by atoms with Crippen molar-refractivity contribution < 1.29 is 18.8 Å². The van der Waals surface area contributed by atoms with Crippen LogP contribution in [0.5, 0.6) is 0 Å². The topological polar surface area (TPSA) is 78.5 Å². The molecule has 7 heteroatoms. The van der Waals surface area contributed by atoms with E-state index in [0.29, 0.717) is 11.3 Å². The van der Waals surface area contributed by atoms with E-state index in [0.717, 1.165) is 10.5 Å². The number of nitrogens with one attached hydrogen (secondary N) is 2. The molecule has 1 aliphatic heterocycles. The van der Waals surface area contributed by atoms with Crippen molar-refractivity contribution in [2.75, 3.05) is 11.9 Å². The number of rotatable bonds is 5. The fraction of sp³-hybridized carbons (Fsp3) is 0.348. The van der Waals surface area contributed by atoms with Crippen molar-refractivity contribution in [3.8, 4) is 0 Å². The van der Waals surface area contributed by atoms with Gasteiger partial charge in [-0.2, -0.15) is 0 Å². The third kappa shape index (κ3) is 4.35. The second-order valence-corrected chi connectivity index (χ2v) is 8.64. The van der Waals surface area contributed by atoms with Crippen molar-refractivity contribution in [2.24, 2.45) is 0 Å². The summed E-state index contributed by atoms with van der Waals surface area (Å²) in [6, 6.07) is 12.5. The van der Waals surface area contributed by atoms with Gasteiger partial charge >= 0.3 is 6.03 Å². The Hall–Kier alpha value is -3.22. The molecule has 0 aliphatic carbocycles. The number of amides is 4. The lowest BCUT2D eigenvalue weighted by Gasteiger charge is -2.24. The highest BCUT2D eigenvalue weighted by Gasteiger charge is 2.48. The zero-order chi connectivity index (χ0) is 22.1. The predicted octanol–water partition coefficient (Wildman–Crippen LogP) is 3.92. The van der Waals surface area contributed by atoms with Crippen molar-refractivity contribution in [1.82, 2.24) is 10.2 Å². The Morgan fingerprint density at radius 3 is 2.23 bits per heavy atom. The zero-order valence-corrected chi connectivity index (χ0v) is 17.6. The van der Waals surface area contributed by atoms with Crippen LogP contribution in [0, 0.1) is 5.82 Å². The van der Waals surface area contributed by atoms with Crippen molar-refractivity contribution in [3.63, 3.8) is 0 Å². The normalized spacial score (nSPS) is 19.0. The smallest absolute Gasteiger partial charge is 0.325 e. The minimum Gasteiger partial charge on any atom is -0.326 e. The SMILES string of the molecule is CC(C)(C)c1ccc(C2(C)NC(=O)N(CCC(=O)Nc3ccc(F)cc3)C2=O)cc1. The summed E-state index contributed by atoms with van der Waals surface area (Å²) >= 11 is 0. The fourth-order valence-corrected chi connectivity index (χ4v) is 3.37. The molecule has 4 amide bonds. The number of carbonyl (C=O) groups excluding carboxylic acids is 3. The number of hydrogen-bond donors (Lipinski definition) is 2. The van der Waals surface area contributed by atoms with E-state index in [4.69, 9.17) is 0 Å². The largest absolute Gasteiger partial charge is 0.326 e. The molecule has 158 valence electrons. The Morgan fingerprint density at radius 2 is 1.67 bits per heavy atom. The van der Waals surface area contributed by atoms with Gasteiger partial charge in [-0.15, -0.1) is 0 Å². The van der Waals surface area contributed by atoms with E-state index in [2.05, 4.69) is 31.4 Å². The van der Waals surface area contributed by atoms with Gasteiger partial charge in [0.1, 0.15) is 11.4 Å². The summed E-state index contributed by atoms with van der Waals surface area (Å²) in [6.45, 7) is 7.92. The quantitative estimate of drug-likeness (QED) is 0.732. The standard InChI is InChI=1S/C23H26FN3O3/c1-22(2,3)15-5-7-16(8-6-15)23(4)20(29)27(21(30)26-23)14-13-19(28)25-18-11-9-17(24)10-12-18/h5-12H,13-14H2,1-4H3,(H,25,28)(H,26,30). The molecule has 1 atom stereocenters. The Kier molecular flexibility index (Phi) is 5.65. The van der Waals surface area contributed by atoms with Crippen molar-refractivity contribution in [2.45, 2.75) is 45.1 Å². The highest BCUT2D eigenvalue weighted by atomic mass is 19.1. The number of carbonyl (C=O) groups is 3. The van der Waals surface area contributed by atoms with E-state index >= 15 is 0 Å². The van der Waals surface area contributed by atoms with Gasteiger partial charge in [-0.05, 0) is 47.7 Å². The van der Waals surface area contributed by atoms with E-state index in [9.17, 15) is 18.8 Å². The monoisotopic (exact) mass is 411 g/mol. The number of hydrogen-bond acceptors (Lipinski definition) is 3. The number of nitrogens with zero attached hydrogens (tertiary/aromatic N) is 1. The van der Waals surface area contributed by atoms with E-state index in [-0.39, 0.29) is 24.3 Å². The van der Waals surface area contributed by atoms with Gasteiger partial charge in [-0.25, -0.2) is 9.18 Å². The van der Waals surface area contributed by atoms with Crippen LogP contribution in [0.3, 0.4) is 0 Å². The molecule has 6 nitrogen and oxygen atoms in total. The summed E-state index contributed by atoms with van der Waals surface area (Å²) in [6.07, 6.45) is -0.0599. The lowest BCUT2D eigenvalue weighted by Crippen LogP contribution is -2.41. The van der Waals surface area contributed by atoms with Crippen LogP contribution in [0.1, 0.15) is 45.2 Å². The average Bonchev–Trinajstić information content (AvgIpc) is 2.91. The molecular formula is C23H26FN3O3. The van der Waals surface area contributed by atoms with Crippen LogP contribution in [0.15, 0.2) is 48.5 Å². The summed E-state index contributed by atoms with van der Waals surface area (Å²) in [5.74, 6) is -1.17. The Labute approximate surface area is 175 Å². The maximum absolute atomic E-state index is 13.0. The number of anilines is 1. The third-order valence-corrected chi connectivity index (χ3v) is 5.29. The highest BCUT2D eigenvalue weighted by molar-refractivity contribution is 6.07. The van der Waals surface area contributed by atoms with Gasteiger partial charge in [-0.3, -0.25) is 14.5 Å². The van der Waals surface area contributed by atoms with Crippen molar-refractivity contribution in [3.05, 3.63) is 65.5 Å². The molecule has 0 saturated carbocycles. The molecule has 30 heavy (non-hydrogen) atoms. The Balaban J connectivity index is 1.66. The summed E-state index contributed by atoms with van der Waals surface area (Å²) < 4.78 is 13.0. The van der Waals surface area contributed by atoms with Crippen LogP contribution in [-0.4, -0.2) is 29.3 Å². The molecule has 2 aromatic carbocycles. The first-order chi connectivity index (χ1) is 14.0. The van der Waals surface area contributed by atoms with Crippen LogP contribution in [0.25, 0.3) is 0 Å². The minimum absolute atomic E-state index is 0.0215. The summed E-state index contributed by atoms with van der Waals surface area (Å²) in [5, 5.41) is 5.37. The van der Waals surface area contributed by atoms with E-state index in [1.54, 1.807) is 6.92 Å². The van der Waals surface area contributed by atoms with Crippen molar-refractivity contribution >= 4 is 23.5 Å². The van der Waals surface area contributed by atoms with Crippen LogP contribution in [0.2, 0.25) is 0 Å². The first-order valence-corrected chi connectivity index (χ1v) is 9.81. The fourth-order valence-electron chi connectivity index (χ4n) is 3.37. The van der Waals surface area contributed by atoms with Crippen molar-refractivity contribution in [1.29, 1.82) is 0 Å². The molecule has 0 radical (unpaired) electrons. The lowest BCUT2D eigenvalue weighted by molar-refractivity contribution is -0.131. The molecule has 3 rings (SSSR count). The predicted molar refractivity (Wildman–Crippen MR) is 112 cm³/mol. The summed E-state index contributed by atoms with van der Waals surface area (Å²) in [7, 11) is 0. The van der Waals surface area contributed by atoms with Gasteiger partial charge < -0.3 is 10.6 Å².